The fourth-order valence-electron chi connectivity index (χ4n) is 3.22. The lowest BCUT2D eigenvalue weighted by Crippen LogP contribution is -2.24. The van der Waals surface area contributed by atoms with Crippen LogP contribution in [0.4, 0.5) is 0 Å². The highest BCUT2D eigenvalue weighted by Gasteiger charge is 2.22. The quantitative estimate of drug-likeness (QED) is 0.346. The normalized spacial score (nSPS) is 11.8. The molecule has 0 spiro atoms. The van der Waals surface area contributed by atoms with E-state index >= 15 is 0 Å². The monoisotopic (exact) mass is 381 g/mol. The first-order valence-electron chi connectivity index (χ1n) is 9.39. The van der Waals surface area contributed by atoms with Crippen molar-refractivity contribution < 1.29 is 14.3 Å². The number of esters is 1. The number of para-hydroxylation sites is 1. The Morgan fingerprint density at radius 1 is 0.828 bits per heavy atom. The van der Waals surface area contributed by atoms with Gasteiger partial charge in [0.05, 0.1) is 16.8 Å². The first-order valence-corrected chi connectivity index (χ1v) is 9.39. The molecule has 4 heteroatoms. The highest BCUT2D eigenvalue weighted by Crippen LogP contribution is 2.25. The summed E-state index contributed by atoms with van der Waals surface area (Å²) in [6.45, 7) is 1.59. The van der Waals surface area contributed by atoms with E-state index in [4.69, 9.17) is 4.74 Å². The maximum absolute atomic E-state index is 13.0. The third-order valence-electron chi connectivity index (χ3n) is 4.72. The Labute approximate surface area is 168 Å². The van der Waals surface area contributed by atoms with Gasteiger partial charge in [0.1, 0.15) is 0 Å². The Morgan fingerprint density at radius 3 is 2.17 bits per heavy atom. The molecule has 4 aromatic rings. The van der Waals surface area contributed by atoms with Crippen LogP contribution in [0, 0.1) is 0 Å². The van der Waals surface area contributed by atoms with Crippen LogP contribution in [0.25, 0.3) is 22.2 Å². The molecule has 0 aliphatic heterocycles. The number of hydrogen-bond donors (Lipinski definition) is 0. The molecule has 0 saturated carbocycles. The summed E-state index contributed by atoms with van der Waals surface area (Å²) in [4.78, 5) is 30.2. The van der Waals surface area contributed by atoms with E-state index in [0.29, 0.717) is 27.7 Å². The van der Waals surface area contributed by atoms with Gasteiger partial charge in [-0.3, -0.25) is 4.79 Å². The molecule has 0 N–H and O–H groups in total. The number of carbonyl (C=O) groups is 2. The summed E-state index contributed by atoms with van der Waals surface area (Å²) < 4.78 is 5.54. The molecule has 0 bridgehead atoms. The van der Waals surface area contributed by atoms with E-state index in [1.165, 1.54) is 0 Å². The molecule has 0 amide bonds. The van der Waals surface area contributed by atoms with E-state index in [2.05, 4.69) is 4.98 Å². The Morgan fingerprint density at radius 2 is 1.45 bits per heavy atom. The lowest BCUT2D eigenvalue weighted by molar-refractivity contribution is 0.0320. The minimum absolute atomic E-state index is 0.236. The van der Waals surface area contributed by atoms with Gasteiger partial charge in [-0.05, 0) is 19.1 Å². The van der Waals surface area contributed by atoms with Crippen LogP contribution in [0.15, 0.2) is 91.0 Å². The lowest BCUT2D eigenvalue weighted by Gasteiger charge is -2.14. The van der Waals surface area contributed by atoms with E-state index < -0.39 is 12.1 Å². The molecule has 4 rings (SSSR count). The number of ketones is 1. The molecule has 0 radical (unpaired) electrons. The Bertz CT molecular complexity index is 1170. The summed E-state index contributed by atoms with van der Waals surface area (Å²) in [5.41, 5.74) is 3.18. The number of nitrogens with zero attached hydrogens (tertiary/aromatic N) is 1. The van der Waals surface area contributed by atoms with Crippen LogP contribution in [-0.4, -0.2) is 22.8 Å². The van der Waals surface area contributed by atoms with Crippen molar-refractivity contribution in [2.75, 3.05) is 0 Å². The SMILES string of the molecule is C[C@@H](OC(=O)c1cc(-c2ccccc2)nc2ccccc12)C(=O)c1ccccc1. The fraction of sp³-hybridized carbons (Fsp3) is 0.0800. The summed E-state index contributed by atoms with van der Waals surface area (Å²) in [5, 5.41) is 0.691. The number of benzene rings is 3. The zero-order valence-electron chi connectivity index (χ0n) is 15.9. The Balaban J connectivity index is 1.69. The number of rotatable bonds is 5. The number of ether oxygens (including phenoxy) is 1. The van der Waals surface area contributed by atoms with Gasteiger partial charge in [-0.2, -0.15) is 0 Å². The van der Waals surface area contributed by atoms with E-state index in [0.717, 1.165) is 5.56 Å². The van der Waals surface area contributed by atoms with Gasteiger partial charge in [0.15, 0.2) is 6.10 Å². The van der Waals surface area contributed by atoms with Crippen LogP contribution in [0.5, 0.6) is 0 Å². The summed E-state index contributed by atoms with van der Waals surface area (Å²) in [6, 6.07) is 27.6. The molecule has 142 valence electrons. The van der Waals surface area contributed by atoms with E-state index in [1.54, 1.807) is 37.3 Å². The van der Waals surface area contributed by atoms with E-state index in [1.807, 2.05) is 60.7 Å². The molecular formula is C25H19NO3. The first kappa shape index (κ1) is 18.6. The van der Waals surface area contributed by atoms with Gasteiger partial charge >= 0.3 is 5.97 Å². The first-order chi connectivity index (χ1) is 14.1. The number of pyridine rings is 1. The summed E-state index contributed by atoms with van der Waals surface area (Å²) in [6.07, 6.45) is -0.892. The van der Waals surface area contributed by atoms with Crippen molar-refractivity contribution in [1.29, 1.82) is 0 Å². The maximum Gasteiger partial charge on any atom is 0.339 e. The average Bonchev–Trinajstić information content (AvgIpc) is 2.78. The molecule has 3 aromatic carbocycles. The molecule has 1 aromatic heterocycles. The molecular weight excluding hydrogens is 362 g/mol. The predicted octanol–water partition coefficient (Wildman–Crippen LogP) is 5.33. The van der Waals surface area contributed by atoms with Crippen LogP contribution in [0.2, 0.25) is 0 Å². The van der Waals surface area contributed by atoms with E-state index in [9.17, 15) is 9.59 Å². The number of fused-ring (bicyclic) bond motifs is 1. The maximum atomic E-state index is 13.0. The van der Waals surface area contributed by atoms with Crippen molar-refractivity contribution >= 4 is 22.7 Å². The van der Waals surface area contributed by atoms with Crippen LogP contribution in [0.1, 0.15) is 27.6 Å². The second kappa shape index (κ2) is 8.07. The molecule has 0 aliphatic rings. The van der Waals surface area contributed by atoms with Crippen molar-refractivity contribution in [3.63, 3.8) is 0 Å². The van der Waals surface area contributed by atoms with Gasteiger partial charge in [-0.1, -0.05) is 78.9 Å². The van der Waals surface area contributed by atoms with Gasteiger partial charge in [-0.25, -0.2) is 9.78 Å². The minimum atomic E-state index is -0.892. The van der Waals surface area contributed by atoms with Crippen molar-refractivity contribution in [3.8, 4) is 11.3 Å². The van der Waals surface area contributed by atoms with Gasteiger partial charge in [-0.15, -0.1) is 0 Å². The van der Waals surface area contributed by atoms with Gasteiger partial charge in [0, 0.05) is 16.5 Å². The summed E-state index contributed by atoms with van der Waals surface area (Å²) >= 11 is 0. The van der Waals surface area contributed by atoms with Crippen LogP contribution >= 0.6 is 0 Å². The van der Waals surface area contributed by atoms with Gasteiger partial charge < -0.3 is 4.74 Å². The summed E-state index contributed by atoms with van der Waals surface area (Å²) in [7, 11) is 0. The topological polar surface area (TPSA) is 56.3 Å². The molecule has 0 fully saturated rings. The zero-order valence-corrected chi connectivity index (χ0v) is 15.9. The zero-order chi connectivity index (χ0) is 20.2. The standard InChI is InChI=1S/C25H19NO3/c1-17(24(27)19-12-6-3-7-13-19)29-25(28)21-16-23(18-10-4-2-5-11-18)26-22-15-9-8-14-20(21)22/h2-17H,1H3/t17-/m1/s1. The molecule has 0 unspecified atom stereocenters. The lowest BCUT2D eigenvalue weighted by atomic mass is 10.0. The van der Waals surface area contributed by atoms with Crippen molar-refractivity contribution in [2.24, 2.45) is 0 Å². The van der Waals surface area contributed by atoms with Crippen LogP contribution < -0.4 is 0 Å². The largest absolute Gasteiger partial charge is 0.451 e. The predicted molar refractivity (Wildman–Crippen MR) is 113 cm³/mol. The molecule has 29 heavy (non-hydrogen) atoms. The van der Waals surface area contributed by atoms with Crippen molar-refractivity contribution in [3.05, 3.63) is 102 Å². The number of Topliss-reactive ketones (excluding diaryl/α,β-unsaturated/α-hetero) is 1. The minimum Gasteiger partial charge on any atom is -0.451 e. The van der Waals surface area contributed by atoms with E-state index in [-0.39, 0.29) is 5.78 Å². The van der Waals surface area contributed by atoms with Gasteiger partial charge in [0.2, 0.25) is 5.78 Å². The second-order valence-corrected chi connectivity index (χ2v) is 6.72. The number of carbonyl (C=O) groups excluding carboxylic acids is 2. The van der Waals surface area contributed by atoms with Crippen molar-refractivity contribution in [1.82, 2.24) is 4.98 Å². The smallest absolute Gasteiger partial charge is 0.339 e. The molecule has 0 aliphatic carbocycles. The molecule has 4 nitrogen and oxygen atoms in total. The fourth-order valence-corrected chi connectivity index (χ4v) is 3.22. The van der Waals surface area contributed by atoms with Gasteiger partial charge in [0.25, 0.3) is 0 Å². The highest BCUT2D eigenvalue weighted by atomic mass is 16.5. The molecule has 1 atom stereocenters. The second-order valence-electron chi connectivity index (χ2n) is 6.72. The highest BCUT2D eigenvalue weighted by molar-refractivity contribution is 6.06. The Hall–Kier alpha value is -3.79. The van der Waals surface area contributed by atoms with Crippen LogP contribution in [0.3, 0.4) is 0 Å². The third-order valence-corrected chi connectivity index (χ3v) is 4.72. The molecule has 1 heterocycles. The average molecular weight is 381 g/mol. The molecule has 0 saturated heterocycles. The van der Waals surface area contributed by atoms with Crippen molar-refractivity contribution in [2.45, 2.75) is 13.0 Å². The third kappa shape index (κ3) is 3.92. The van der Waals surface area contributed by atoms with Crippen LogP contribution in [-0.2, 0) is 4.74 Å². The number of hydrogen-bond acceptors (Lipinski definition) is 4. The summed E-state index contributed by atoms with van der Waals surface area (Å²) in [5.74, 6) is -0.779. The number of aromatic nitrogens is 1. The Kier molecular flexibility index (Phi) is 5.16.